The summed E-state index contributed by atoms with van der Waals surface area (Å²) in [5.41, 5.74) is -0.711. The van der Waals surface area contributed by atoms with Crippen LogP contribution in [0.4, 0.5) is 4.79 Å². The normalized spacial score (nSPS) is 12.1. The standard InChI is InChI=1S/C12H15ClO4/c1-8(2)11(13)17-12(14)16-10-7-5-4-6-9(10)15-3/h4-8,11H,1-3H3. The van der Waals surface area contributed by atoms with Crippen LogP contribution in [0.15, 0.2) is 24.3 Å². The van der Waals surface area contributed by atoms with Crippen LogP contribution in [-0.4, -0.2) is 18.8 Å². The number of hydrogen-bond acceptors (Lipinski definition) is 4. The molecular weight excluding hydrogens is 244 g/mol. The lowest BCUT2D eigenvalue weighted by atomic mass is 10.2. The van der Waals surface area contributed by atoms with Crippen molar-refractivity contribution in [2.75, 3.05) is 7.11 Å². The number of carbonyl (C=O) groups is 1. The van der Waals surface area contributed by atoms with Crippen LogP contribution in [0, 0.1) is 5.92 Å². The number of rotatable bonds is 4. The number of alkyl halides is 1. The van der Waals surface area contributed by atoms with Gasteiger partial charge in [-0.2, -0.15) is 0 Å². The highest BCUT2D eigenvalue weighted by Crippen LogP contribution is 2.26. The first-order valence-electron chi connectivity index (χ1n) is 5.20. The van der Waals surface area contributed by atoms with Gasteiger partial charge in [0.05, 0.1) is 7.11 Å². The Labute approximate surface area is 105 Å². The van der Waals surface area contributed by atoms with Crippen molar-refractivity contribution >= 4 is 17.8 Å². The molecule has 0 N–H and O–H groups in total. The predicted octanol–water partition coefficient (Wildman–Crippen LogP) is 3.43. The summed E-state index contributed by atoms with van der Waals surface area (Å²) in [6.45, 7) is 3.68. The fourth-order valence-electron chi connectivity index (χ4n) is 1.04. The van der Waals surface area contributed by atoms with Gasteiger partial charge in [0, 0.05) is 5.92 Å². The highest BCUT2D eigenvalue weighted by atomic mass is 35.5. The Morgan fingerprint density at radius 1 is 1.24 bits per heavy atom. The van der Waals surface area contributed by atoms with Crippen LogP contribution in [0.2, 0.25) is 0 Å². The molecule has 0 saturated carbocycles. The molecule has 0 bridgehead atoms. The minimum atomic E-state index is -0.844. The third-order valence-electron chi connectivity index (χ3n) is 2.00. The number of hydrogen-bond donors (Lipinski definition) is 0. The second kappa shape index (κ2) is 6.35. The smallest absolute Gasteiger partial charge is 0.493 e. The molecule has 0 saturated heterocycles. The van der Waals surface area contributed by atoms with Gasteiger partial charge in [-0.25, -0.2) is 4.79 Å². The van der Waals surface area contributed by atoms with E-state index in [9.17, 15) is 4.79 Å². The Morgan fingerprint density at radius 3 is 2.35 bits per heavy atom. The SMILES string of the molecule is COc1ccccc1OC(=O)OC(Cl)C(C)C. The molecule has 1 unspecified atom stereocenters. The Bertz CT molecular complexity index is 379. The van der Waals surface area contributed by atoms with Gasteiger partial charge in [-0.15, -0.1) is 0 Å². The van der Waals surface area contributed by atoms with Crippen molar-refractivity contribution < 1.29 is 19.0 Å². The lowest BCUT2D eigenvalue weighted by molar-refractivity contribution is 0.0717. The van der Waals surface area contributed by atoms with Crippen molar-refractivity contribution in [1.82, 2.24) is 0 Å². The molecule has 1 aromatic rings. The third kappa shape index (κ3) is 4.15. The summed E-state index contributed by atoms with van der Waals surface area (Å²) in [4.78, 5) is 11.4. The first-order valence-corrected chi connectivity index (χ1v) is 5.63. The molecule has 1 rings (SSSR count). The lowest BCUT2D eigenvalue weighted by Crippen LogP contribution is -2.20. The summed E-state index contributed by atoms with van der Waals surface area (Å²) in [5.74, 6) is 0.773. The van der Waals surface area contributed by atoms with Crippen LogP contribution in [0.1, 0.15) is 13.8 Å². The van der Waals surface area contributed by atoms with Crippen LogP contribution in [0.3, 0.4) is 0 Å². The summed E-state index contributed by atoms with van der Waals surface area (Å²) in [6, 6.07) is 6.79. The Morgan fingerprint density at radius 2 is 1.82 bits per heavy atom. The van der Waals surface area contributed by atoms with Crippen molar-refractivity contribution in [3.8, 4) is 11.5 Å². The quantitative estimate of drug-likeness (QED) is 0.471. The molecule has 17 heavy (non-hydrogen) atoms. The average Bonchev–Trinajstić information content (AvgIpc) is 2.29. The monoisotopic (exact) mass is 258 g/mol. The van der Waals surface area contributed by atoms with E-state index in [0.29, 0.717) is 11.5 Å². The summed E-state index contributed by atoms with van der Waals surface area (Å²) in [5, 5.41) is 0. The number of halogens is 1. The fraction of sp³-hybridized carbons (Fsp3) is 0.417. The molecule has 0 aliphatic heterocycles. The van der Waals surface area contributed by atoms with E-state index in [2.05, 4.69) is 0 Å². The van der Waals surface area contributed by atoms with E-state index >= 15 is 0 Å². The van der Waals surface area contributed by atoms with E-state index in [-0.39, 0.29) is 5.92 Å². The summed E-state index contributed by atoms with van der Waals surface area (Å²) in [7, 11) is 1.49. The molecule has 1 atom stereocenters. The Kier molecular flexibility index (Phi) is 5.10. The van der Waals surface area contributed by atoms with E-state index in [0.717, 1.165) is 0 Å². The number of ether oxygens (including phenoxy) is 3. The molecule has 0 aliphatic carbocycles. The topological polar surface area (TPSA) is 44.8 Å². The molecule has 0 fully saturated rings. The zero-order chi connectivity index (χ0) is 12.8. The van der Waals surface area contributed by atoms with Crippen molar-refractivity contribution in [2.24, 2.45) is 5.92 Å². The maximum Gasteiger partial charge on any atom is 0.515 e. The van der Waals surface area contributed by atoms with Gasteiger partial charge >= 0.3 is 6.16 Å². The summed E-state index contributed by atoms with van der Waals surface area (Å²) >= 11 is 5.80. The molecule has 0 spiro atoms. The van der Waals surface area contributed by atoms with E-state index in [1.807, 2.05) is 13.8 Å². The van der Waals surface area contributed by atoms with Gasteiger partial charge in [-0.05, 0) is 12.1 Å². The van der Waals surface area contributed by atoms with E-state index < -0.39 is 11.7 Å². The summed E-state index contributed by atoms with van der Waals surface area (Å²) < 4.78 is 14.9. The molecular formula is C12H15ClO4. The zero-order valence-corrected chi connectivity index (χ0v) is 10.7. The van der Waals surface area contributed by atoms with E-state index in [1.165, 1.54) is 7.11 Å². The number of methoxy groups -OCH3 is 1. The Hall–Kier alpha value is -1.42. The maximum absolute atomic E-state index is 11.4. The Balaban J connectivity index is 2.62. The van der Waals surface area contributed by atoms with Crippen LogP contribution < -0.4 is 9.47 Å². The maximum atomic E-state index is 11.4. The molecule has 1 aromatic carbocycles. The van der Waals surface area contributed by atoms with Crippen molar-refractivity contribution in [3.63, 3.8) is 0 Å². The first kappa shape index (κ1) is 13.6. The number of benzene rings is 1. The minimum Gasteiger partial charge on any atom is -0.493 e. The second-order valence-electron chi connectivity index (χ2n) is 3.72. The average molecular weight is 259 g/mol. The molecule has 94 valence electrons. The number of carbonyl (C=O) groups excluding carboxylic acids is 1. The minimum absolute atomic E-state index is 0.0156. The van der Waals surface area contributed by atoms with Gasteiger partial charge in [-0.3, -0.25) is 0 Å². The summed E-state index contributed by atoms with van der Waals surface area (Å²) in [6.07, 6.45) is -0.844. The molecule has 0 aromatic heterocycles. The highest BCUT2D eigenvalue weighted by Gasteiger charge is 2.17. The van der Waals surface area contributed by atoms with Gasteiger partial charge in [0.2, 0.25) is 0 Å². The van der Waals surface area contributed by atoms with Crippen LogP contribution >= 0.6 is 11.6 Å². The van der Waals surface area contributed by atoms with Crippen LogP contribution in [-0.2, 0) is 4.74 Å². The molecule has 0 amide bonds. The zero-order valence-electron chi connectivity index (χ0n) is 9.98. The number of para-hydroxylation sites is 2. The fourth-order valence-corrected chi connectivity index (χ4v) is 1.12. The van der Waals surface area contributed by atoms with Gasteiger partial charge in [-0.1, -0.05) is 37.6 Å². The molecule has 0 radical (unpaired) electrons. The molecule has 4 nitrogen and oxygen atoms in total. The van der Waals surface area contributed by atoms with Crippen molar-refractivity contribution in [3.05, 3.63) is 24.3 Å². The first-order chi connectivity index (χ1) is 8.04. The van der Waals surface area contributed by atoms with E-state index in [1.54, 1.807) is 24.3 Å². The van der Waals surface area contributed by atoms with Gasteiger partial charge in [0.25, 0.3) is 0 Å². The van der Waals surface area contributed by atoms with Gasteiger partial charge in [0.15, 0.2) is 17.1 Å². The van der Waals surface area contributed by atoms with Crippen LogP contribution in [0.25, 0.3) is 0 Å². The van der Waals surface area contributed by atoms with Crippen LogP contribution in [0.5, 0.6) is 11.5 Å². The highest BCUT2D eigenvalue weighted by molar-refractivity contribution is 6.20. The van der Waals surface area contributed by atoms with Crippen molar-refractivity contribution in [1.29, 1.82) is 0 Å². The van der Waals surface area contributed by atoms with Gasteiger partial charge < -0.3 is 14.2 Å². The predicted molar refractivity (Wildman–Crippen MR) is 64.6 cm³/mol. The van der Waals surface area contributed by atoms with Gasteiger partial charge in [0.1, 0.15) is 0 Å². The second-order valence-corrected chi connectivity index (χ2v) is 4.15. The van der Waals surface area contributed by atoms with Crippen molar-refractivity contribution in [2.45, 2.75) is 19.4 Å². The molecule has 0 heterocycles. The van der Waals surface area contributed by atoms with E-state index in [4.69, 9.17) is 25.8 Å². The lowest BCUT2D eigenvalue weighted by Gasteiger charge is -2.14. The largest absolute Gasteiger partial charge is 0.515 e. The molecule has 5 heteroatoms. The molecule has 0 aliphatic rings. The third-order valence-corrected chi connectivity index (χ3v) is 2.59.